The largest absolute Gasteiger partial charge is 0.478 e. The van der Waals surface area contributed by atoms with Crippen molar-refractivity contribution in [1.29, 1.82) is 5.26 Å². The number of hydrogen-bond donors (Lipinski definition) is 2. The van der Waals surface area contributed by atoms with Gasteiger partial charge in [0.1, 0.15) is 11.6 Å². The normalized spacial score (nSPS) is 10.7. The van der Waals surface area contributed by atoms with E-state index in [1.165, 1.54) is 18.2 Å². The maximum absolute atomic E-state index is 12.2. The summed E-state index contributed by atoms with van der Waals surface area (Å²) in [6.07, 6.45) is 1.44. The second kappa shape index (κ2) is 7.38. The molecule has 0 saturated heterocycles. The molecule has 23 heavy (non-hydrogen) atoms. The van der Waals surface area contributed by atoms with E-state index in [9.17, 15) is 9.59 Å². The topological polar surface area (TPSA) is 90.2 Å². The van der Waals surface area contributed by atoms with Crippen LogP contribution in [0.3, 0.4) is 0 Å². The van der Waals surface area contributed by atoms with Crippen molar-refractivity contribution >= 4 is 39.6 Å². The first kappa shape index (κ1) is 16.5. The van der Waals surface area contributed by atoms with Crippen LogP contribution in [0.15, 0.2) is 58.6 Å². The molecule has 0 fully saturated rings. The van der Waals surface area contributed by atoms with Crippen LogP contribution in [0.4, 0.5) is 5.69 Å². The standard InChI is InChI=1S/C17H11BrN2O3/c18-13-7-5-11(6-8-13)9-12(10-19)16(21)20-15-4-2-1-3-14(15)17(22)23/h1-9H,(H,20,21)(H,22,23)/b12-9+. The number of nitrogens with one attached hydrogen (secondary N) is 1. The lowest BCUT2D eigenvalue weighted by Crippen LogP contribution is -2.16. The van der Waals surface area contributed by atoms with Crippen LogP contribution >= 0.6 is 15.9 Å². The highest BCUT2D eigenvalue weighted by molar-refractivity contribution is 9.10. The monoisotopic (exact) mass is 370 g/mol. The van der Waals surface area contributed by atoms with E-state index in [-0.39, 0.29) is 16.8 Å². The highest BCUT2D eigenvalue weighted by Gasteiger charge is 2.14. The molecule has 0 spiro atoms. The molecular weight excluding hydrogens is 360 g/mol. The summed E-state index contributed by atoms with van der Waals surface area (Å²) in [7, 11) is 0. The number of carboxylic acid groups (broad SMARTS) is 1. The molecule has 0 aliphatic rings. The van der Waals surface area contributed by atoms with Crippen molar-refractivity contribution in [2.24, 2.45) is 0 Å². The third kappa shape index (κ3) is 4.28. The van der Waals surface area contributed by atoms with E-state index in [4.69, 9.17) is 10.4 Å². The number of nitriles is 1. The van der Waals surface area contributed by atoms with Crippen LogP contribution in [0.25, 0.3) is 6.08 Å². The Hall–Kier alpha value is -2.91. The molecule has 0 bridgehead atoms. The molecule has 6 heteroatoms. The average Bonchev–Trinajstić information content (AvgIpc) is 2.54. The molecule has 0 heterocycles. The second-order valence-electron chi connectivity index (χ2n) is 4.53. The molecule has 2 aromatic rings. The smallest absolute Gasteiger partial charge is 0.337 e. The number of carbonyl (C=O) groups is 2. The lowest BCUT2D eigenvalue weighted by Gasteiger charge is -2.07. The van der Waals surface area contributed by atoms with Crippen molar-refractivity contribution in [2.75, 3.05) is 5.32 Å². The molecule has 0 aromatic heterocycles. The van der Waals surface area contributed by atoms with Crippen LogP contribution in [-0.2, 0) is 4.79 Å². The third-order valence-electron chi connectivity index (χ3n) is 2.95. The fourth-order valence-electron chi connectivity index (χ4n) is 1.84. The molecule has 0 saturated carbocycles. The van der Waals surface area contributed by atoms with Gasteiger partial charge in [-0.25, -0.2) is 4.79 Å². The number of anilines is 1. The highest BCUT2D eigenvalue weighted by Crippen LogP contribution is 2.17. The van der Waals surface area contributed by atoms with E-state index >= 15 is 0 Å². The minimum absolute atomic E-state index is 0.0400. The minimum Gasteiger partial charge on any atom is -0.478 e. The van der Waals surface area contributed by atoms with Gasteiger partial charge < -0.3 is 10.4 Å². The zero-order chi connectivity index (χ0) is 16.8. The van der Waals surface area contributed by atoms with Crippen molar-refractivity contribution in [2.45, 2.75) is 0 Å². The van der Waals surface area contributed by atoms with Crippen LogP contribution in [0.5, 0.6) is 0 Å². The molecule has 114 valence electrons. The van der Waals surface area contributed by atoms with Gasteiger partial charge in [-0.2, -0.15) is 5.26 Å². The summed E-state index contributed by atoms with van der Waals surface area (Å²) in [6, 6.07) is 14.9. The second-order valence-corrected chi connectivity index (χ2v) is 5.44. The van der Waals surface area contributed by atoms with Gasteiger partial charge in [-0.15, -0.1) is 0 Å². The van der Waals surface area contributed by atoms with Gasteiger partial charge in [0.15, 0.2) is 0 Å². The minimum atomic E-state index is -1.16. The Morgan fingerprint density at radius 3 is 2.39 bits per heavy atom. The zero-order valence-corrected chi connectivity index (χ0v) is 13.4. The first-order valence-corrected chi connectivity index (χ1v) is 7.31. The van der Waals surface area contributed by atoms with E-state index in [0.29, 0.717) is 5.56 Å². The maximum Gasteiger partial charge on any atom is 0.337 e. The first-order chi connectivity index (χ1) is 11.0. The number of benzene rings is 2. The van der Waals surface area contributed by atoms with Crippen LogP contribution in [0.2, 0.25) is 0 Å². The Balaban J connectivity index is 2.27. The highest BCUT2D eigenvalue weighted by atomic mass is 79.9. The molecule has 1 amide bonds. The Kier molecular flexibility index (Phi) is 5.28. The van der Waals surface area contributed by atoms with Gasteiger partial charge in [0, 0.05) is 4.47 Å². The van der Waals surface area contributed by atoms with E-state index in [0.717, 1.165) is 4.47 Å². The van der Waals surface area contributed by atoms with E-state index in [2.05, 4.69) is 21.2 Å². The molecule has 2 rings (SSSR count). The lowest BCUT2D eigenvalue weighted by atomic mass is 10.1. The molecular formula is C17H11BrN2O3. The molecule has 5 nitrogen and oxygen atoms in total. The quantitative estimate of drug-likeness (QED) is 0.634. The van der Waals surface area contributed by atoms with E-state index in [1.54, 1.807) is 36.4 Å². The Labute approximate surface area is 141 Å². The number of hydrogen-bond acceptors (Lipinski definition) is 3. The number of nitrogens with zero attached hydrogens (tertiary/aromatic N) is 1. The first-order valence-electron chi connectivity index (χ1n) is 6.52. The fourth-order valence-corrected chi connectivity index (χ4v) is 2.11. The number of carboxylic acids is 1. The molecule has 0 aliphatic carbocycles. The summed E-state index contributed by atoms with van der Waals surface area (Å²) >= 11 is 3.30. The predicted octanol–water partition coefficient (Wildman–Crippen LogP) is 3.69. The molecule has 0 radical (unpaired) electrons. The summed E-state index contributed by atoms with van der Waals surface area (Å²) in [6.45, 7) is 0. The Bertz CT molecular complexity index is 820. The number of para-hydroxylation sites is 1. The van der Waals surface area contributed by atoms with Gasteiger partial charge in [-0.05, 0) is 35.9 Å². The average molecular weight is 371 g/mol. The Morgan fingerprint density at radius 1 is 1.13 bits per heavy atom. The van der Waals surface area contributed by atoms with Gasteiger partial charge in [-0.1, -0.05) is 40.2 Å². The summed E-state index contributed by atoms with van der Waals surface area (Å²) in [5.41, 5.74) is 0.669. The summed E-state index contributed by atoms with van der Waals surface area (Å²) in [5.74, 6) is -1.82. The van der Waals surface area contributed by atoms with Crippen LogP contribution in [0, 0.1) is 11.3 Å². The number of rotatable bonds is 4. The van der Waals surface area contributed by atoms with Crippen molar-refractivity contribution in [3.05, 3.63) is 69.7 Å². The molecule has 0 unspecified atom stereocenters. The van der Waals surface area contributed by atoms with Crippen LogP contribution in [0.1, 0.15) is 15.9 Å². The number of halogens is 1. The van der Waals surface area contributed by atoms with Gasteiger partial charge in [0.25, 0.3) is 5.91 Å². The summed E-state index contributed by atoms with van der Waals surface area (Å²) in [5, 5.41) is 20.7. The van der Waals surface area contributed by atoms with Crippen molar-refractivity contribution in [3.63, 3.8) is 0 Å². The van der Waals surface area contributed by atoms with Crippen molar-refractivity contribution < 1.29 is 14.7 Å². The number of aromatic carboxylic acids is 1. The SMILES string of the molecule is N#C/C(=C\c1ccc(Br)cc1)C(=O)Nc1ccccc1C(=O)O. The summed E-state index contributed by atoms with van der Waals surface area (Å²) in [4.78, 5) is 23.3. The maximum atomic E-state index is 12.2. The van der Waals surface area contributed by atoms with Crippen molar-refractivity contribution in [1.82, 2.24) is 0 Å². The van der Waals surface area contributed by atoms with Gasteiger partial charge in [-0.3, -0.25) is 4.79 Å². The number of amides is 1. The van der Waals surface area contributed by atoms with Crippen molar-refractivity contribution in [3.8, 4) is 6.07 Å². The summed E-state index contributed by atoms with van der Waals surface area (Å²) < 4.78 is 0.882. The molecule has 0 atom stereocenters. The van der Waals surface area contributed by atoms with E-state index in [1.807, 2.05) is 6.07 Å². The van der Waals surface area contributed by atoms with E-state index < -0.39 is 11.9 Å². The molecule has 0 aliphatic heterocycles. The molecule has 2 aromatic carbocycles. The lowest BCUT2D eigenvalue weighted by molar-refractivity contribution is -0.112. The molecule has 2 N–H and O–H groups in total. The van der Waals surface area contributed by atoms with Gasteiger partial charge in [0.05, 0.1) is 11.3 Å². The zero-order valence-electron chi connectivity index (χ0n) is 11.8. The van der Waals surface area contributed by atoms with Gasteiger partial charge in [0.2, 0.25) is 0 Å². The van der Waals surface area contributed by atoms with Crippen LogP contribution in [-0.4, -0.2) is 17.0 Å². The third-order valence-corrected chi connectivity index (χ3v) is 3.48. The van der Waals surface area contributed by atoms with Gasteiger partial charge >= 0.3 is 5.97 Å². The number of carbonyl (C=O) groups excluding carboxylic acids is 1. The predicted molar refractivity (Wildman–Crippen MR) is 89.8 cm³/mol. The van der Waals surface area contributed by atoms with Crippen LogP contribution < -0.4 is 5.32 Å². The Morgan fingerprint density at radius 2 is 1.78 bits per heavy atom. The fraction of sp³-hybridized carbons (Fsp3) is 0.